The number of ether oxygens (including phenoxy) is 1. The van der Waals surface area contributed by atoms with Crippen LogP contribution >= 0.6 is 0 Å². The van der Waals surface area contributed by atoms with Crippen LogP contribution in [-0.2, 0) is 5.54 Å². The maximum Gasteiger partial charge on any atom is 0.573 e. The van der Waals surface area contributed by atoms with Gasteiger partial charge in [0, 0.05) is 6.54 Å². The molecule has 0 aromatic heterocycles. The number of alkyl halides is 3. The van der Waals surface area contributed by atoms with Crippen molar-refractivity contribution >= 4 is 6.03 Å². The van der Waals surface area contributed by atoms with E-state index in [1.165, 1.54) is 24.3 Å². The fourth-order valence-electron chi connectivity index (χ4n) is 1.79. The molecule has 1 fully saturated rings. The Balaban J connectivity index is 2.15. The predicted octanol–water partition coefficient (Wildman–Crippen LogP) is 2.11. The Morgan fingerprint density at radius 1 is 1.28 bits per heavy atom. The largest absolute Gasteiger partial charge is 0.573 e. The zero-order valence-corrected chi connectivity index (χ0v) is 9.47. The number of halogens is 3. The summed E-state index contributed by atoms with van der Waals surface area (Å²) in [6.07, 6.45) is -4.70. The Morgan fingerprint density at radius 3 is 2.33 bits per heavy atom. The summed E-state index contributed by atoms with van der Waals surface area (Å²) in [5.74, 6) is -0.285. The van der Waals surface area contributed by atoms with Gasteiger partial charge >= 0.3 is 12.4 Å². The van der Waals surface area contributed by atoms with Gasteiger partial charge < -0.3 is 15.4 Å². The van der Waals surface area contributed by atoms with Crippen molar-refractivity contribution in [2.75, 3.05) is 6.54 Å². The summed E-state index contributed by atoms with van der Waals surface area (Å²) in [5.41, 5.74) is 0.0868. The summed E-state index contributed by atoms with van der Waals surface area (Å²) in [6, 6.07) is 5.13. The molecular weight excluding hydrogens is 249 g/mol. The van der Waals surface area contributed by atoms with Crippen LogP contribution in [0.25, 0.3) is 0 Å². The van der Waals surface area contributed by atoms with Crippen molar-refractivity contribution in [3.05, 3.63) is 29.8 Å². The fourth-order valence-corrected chi connectivity index (χ4v) is 1.79. The first kappa shape index (κ1) is 12.5. The molecule has 0 bridgehead atoms. The summed E-state index contributed by atoms with van der Waals surface area (Å²) in [5, 5.41) is 5.30. The van der Waals surface area contributed by atoms with Gasteiger partial charge in [0.2, 0.25) is 0 Å². The van der Waals surface area contributed by atoms with E-state index in [4.69, 9.17) is 0 Å². The quantitative estimate of drug-likeness (QED) is 0.855. The van der Waals surface area contributed by atoms with Gasteiger partial charge in [-0.25, -0.2) is 4.79 Å². The minimum Gasteiger partial charge on any atom is -0.406 e. The molecule has 1 aromatic carbocycles. The molecule has 1 heterocycles. The maximum absolute atomic E-state index is 12.0. The Morgan fingerprint density at radius 2 is 1.89 bits per heavy atom. The van der Waals surface area contributed by atoms with Crippen molar-refractivity contribution in [2.45, 2.75) is 18.8 Å². The first-order valence-electron chi connectivity index (χ1n) is 5.21. The molecular formula is C11H11F3N2O2. The highest BCUT2D eigenvalue weighted by Crippen LogP contribution is 2.27. The molecule has 2 rings (SSSR count). The minimum atomic E-state index is -4.70. The highest BCUT2D eigenvalue weighted by Gasteiger charge is 2.35. The third-order valence-electron chi connectivity index (χ3n) is 2.72. The lowest BCUT2D eigenvalue weighted by Gasteiger charge is -2.23. The monoisotopic (exact) mass is 260 g/mol. The summed E-state index contributed by atoms with van der Waals surface area (Å²) in [4.78, 5) is 11.1. The zero-order valence-electron chi connectivity index (χ0n) is 9.47. The molecule has 2 N–H and O–H groups in total. The highest BCUT2D eigenvalue weighted by atomic mass is 19.4. The Hall–Kier alpha value is -1.92. The molecule has 0 spiro atoms. The van der Waals surface area contributed by atoms with Crippen LogP contribution in [0.5, 0.6) is 5.75 Å². The number of carbonyl (C=O) groups excluding carboxylic acids is 1. The van der Waals surface area contributed by atoms with Gasteiger partial charge in [-0.15, -0.1) is 13.2 Å². The second-order valence-electron chi connectivity index (χ2n) is 4.21. The average Bonchev–Trinajstić information content (AvgIpc) is 2.58. The Bertz CT molecular complexity index is 458. The molecule has 2 amide bonds. The van der Waals surface area contributed by atoms with E-state index >= 15 is 0 Å². The molecule has 0 saturated carbocycles. The average molecular weight is 260 g/mol. The topological polar surface area (TPSA) is 50.4 Å². The molecule has 1 aliphatic rings. The van der Waals surface area contributed by atoms with E-state index in [0.29, 0.717) is 12.1 Å². The van der Waals surface area contributed by atoms with E-state index in [2.05, 4.69) is 15.4 Å². The summed E-state index contributed by atoms with van der Waals surface area (Å²) in [7, 11) is 0. The van der Waals surface area contributed by atoms with E-state index in [-0.39, 0.29) is 11.8 Å². The van der Waals surface area contributed by atoms with Crippen molar-refractivity contribution in [3.8, 4) is 5.75 Å². The zero-order chi connectivity index (χ0) is 13.4. The SMILES string of the molecule is CC1(c2ccc(OC(F)(F)F)cc2)CNC(=O)N1. The van der Waals surface area contributed by atoms with E-state index in [0.717, 1.165) is 0 Å². The van der Waals surface area contributed by atoms with Crippen molar-refractivity contribution in [1.29, 1.82) is 0 Å². The Labute approximate surface area is 101 Å². The molecule has 4 nitrogen and oxygen atoms in total. The van der Waals surface area contributed by atoms with Gasteiger partial charge in [-0.2, -0.15) is 0 Å². The lowest BCUT2D eigenvalue weighted by Crippen LogP contribution is -2.37. The van der Waals surface area contributed by atoms with Crippen LogP contribution in [0.4, 0.5) is 18.0 Å². The third-order valence-corrected chi connectivity index (χ3v) is 2.72. The van der Waals surface area contributed by atoms with Crippen LogP contribution < -0.4 is 15.4 Å². The van der Waals surface area contributed by atoms with Crippen LogP contribution in [0.1, 0.15) is 12.5 Å². The molecule has 1 unspecified atom stereocenters. The van der Waals surface area contributed by atoms with Crippen molar-refractivity contribution in [2.24, 2.45) is 0 Å². The molecule has 18 heavy (non-hydrogen) atoms. The van der Waals surface area contributed by atoms with Crippen LogP contribution in [0, 0.1) is 0 Å². The fraction of sp³-hybridized carbons (Fsp3) is 0.364. The van der Waals surface area contributed by atoms with E-state index in [1.54, 1.807) is 6.92 Å². The standard InChI is InChI=1S/C11H11F3N2O2/c1-10(6-15-9(17)16-10)7-2-4-8(5-3-7)18-11(12,13)14/h2-5H,6H2,1H3,(H2,15,16,17). The first-order valence-corrected chi connectivity index (χ1v) is 5.21. The van der Waals surface area contributed by atoms with Crippen molar-refractivity contribution in [3.63, 3.8) is 0 Å². The van der Waals surface area contributed by atoms with Gasteiger partial charge in [0.1, 0.15) is 5.75 Å². The van der Waals surface area contributed by atoms with E-state index < -0.39 is 11.9 Å². The van der Waals surface area contributed by atoms with Gasteiger partial charge in [-0.3, -0.25) is 0 Å². The highest BCUT2D eigenvalue weighted by molar-refractivity contribution is 5.77. The number of urea groups is 1. The summed E-state index contributed by atoms with van der Waals surface area (Å²) >= 11 is 0. The summed E-state index contributed by atoms with van der Waals surface area (Å²) < 4.78 is 39.7. The smallest absolute Gasteiger partial charge is 0.406 e. The number of rotatable bonds is 2. The number of carbonyl (C=O) groups is 1. The van der Waals surface area contributed by atoms with Gasteiger partial charge in [0.05, 0.1) is 5.54 Å². The normalized spacial score (nSPS) is 23.4. The van der Waals surface area contributed by atoms with Gasteiger partial charge in [-0.05, 0) is 24.6 Å². The van der Waals surface area contributed by atoms with Gasteiger partial charge in [-0.1, -0.05) is 12.1 Å². The molecule has 0 radical (unpaired) electrons. The van der Waals surface area contributed by atoms with Crippen molar-refractivity contribution in [1.82, 2.24) is 10.6 Å². The number of hydrogen-bond donors (Lipinski definition) is 2. The molecule has 1 atom stereocenters. The summed E-state index contributed by atoms with van der Waals surface area (Å²) in [6.45, 7) is 2.16. The number of benzene rings is 1. The number of amides is 2. The van der Waals surface area contributed by atoms with E-state index in [1.807, 2.05) is 0 Å². The lowest BCUT2D eigenvalue weighted by molar-refractivity contribution is -0.274. The molecule has 0 aliphatic carbocycles. The molecule has 1 aromatic rings. The number of nitrogens with one attached hydrogen (secondary N) is 2. The van der Waals surface area contributed by atoms with Crippen LogP contribution in [-0.4, -0.2) is 18.9 Å². The van der Waals surface area contributed by atoms with Crippen LogP contribution in [0.15, 0.2) is 24.3 Å². The minimum absolute atomic E-state index is 0.285. The van der Waals surface area contributed by atoms with Crippen LogP contribution in [0.3, 0.4) is 0 Å². The van der Waals surface area contributed by atoms with E-state index in [9.17, 15) is 18.0 Å². The maximum atomic E-state index is 12.0. The van der Waals surface area contributed by atoms with Gasteiger partial charge in [0.25, 0.3) is 0 Å². The van der Waals surface area contributed by atoms with Gasteiger partial charge in [0.15, 0.2) is 0 Å². The predicted molar refractivity (Wildman–Crippen MR) is 57.0 cm³/mol. The molecule has 7 heteroatoms. The molecule has 98 valence electrons. The van der Waals surface area contributed by atoms with Crippen LogP contribution in [0.2, 0.25) is 0 Å². The third kappa shape index (κ3) is 2.66. The second kappa shape index (κ2) is 4.08. The lowest BCUT2D eigenvalue weighted by atomic mass is 9.93. The Kier molecular flexibility index (Phi) is 2.84. The second-order valence-corrected chi connectivity index (χ2v) is 4.21. The molecule has 1 aliphatic heterocycles. The first-order chi connectivity index (χ1) is 8.28. The number of hydrogen-bond acceptors (Lipinski definition) is 2. The van der Waals surface area contributed by atoms with Crippen molar-refractivity contribution < 1.29 is 22.7 Å². The molecule has 1 saturated heterocycles.